The summed E-state index contributed by atoms with van der Waals surface area (Å²) in [4.78, 5) is 13.3. The van der Waals surface area contributed by atoms with Crippen LogP contribution in [-0.2, 0) is 17.3 Å². The Morgan fingerprint density at radius 3 is 2.00 bits per heavy atom. The molecule has 0 bridgehead atoms. The molecule has 0 unspecified atom stereocenters. The van der Waals surface area contributed by atoms with Gasteiger partial charge in [0.1, 0.15) is 5.75 Å². The number of para-hydroxylation sites is 1. The van der Waals surface area contributed by atoms with E-state index in [0.717, 1.165) is 24.0 Å². The molecule has 31 heavy (non-hydrogen) atoms. The Hall–Kier alpha value is -2.09. The van der Waals surface area contributed by atoms with Crippen molar-refractivity contribution in [1.29, 1.82) is 0 Å². The predicted molar refractivity (Wildman–Crippen MR) is 132 cm³/mol. The van der Waals surface area contributed by atoms with E-state index in [0.29, 0.717) is 5.75 Å². The lowest BCUT2D eigenvalue weighted by Crippen LogP contribution is -2.23. The summed E-state index contributed by atoms with van der Waals surface area (Å²) in [5.41, 5.74) is 4.27. The van der Waals surface area contributed by atoms with Crippen molar-refractivity contribution in [1.82, 2.24) is 0 Å². The minimum atomic E-state index is -0.246. The number of hydrogen-bond donors (Lipinski definition) is 0. The van der Waals surface area contributed by atoms with Gasteiger partial charge in [-0.3, -0.25) is 0 Å². The summed E-state index contributed by atoms with van der Waals surface area (Å²) in [6.07, 6.45) is 8.37. The number of unbranched alkanes of at least 4 members (excludes halogenated alkanes) is 5. The molecule has 0 amide bonds. The molecule has 0 aliphatic heterocycles. The molecule has 0 saturated carbocycles. The smallest absolute Gasteiger partial charge is 0.343 e. The maximum absolute atomic E-state index is 13.3. The first-order chi connectivity index (χ1) is 14.5. The number of rotatable bonds is 9. The minimum Gasteiger partial charge on any atom is -0.423 e. The minimum absolute atomic E-state index is 0.0411. The Labute approximate surface area is 190 Å². The van der Waals surface area contributed by atoms with Crippen LogP contribution < -0.4 is 4.74 Å². The predicted octanol–water partition coefficient (Wildman–Crippen LogP) is 8.40. The van der Waals surface area contributed by atoms with Gasteiger partial charge in [-0.05, 0) is 58.6 Å². The van der Waals surface area contributed by atoms with Crippen LogP contribution >= 0.6 is 0 Å². The summed E-state index contributed by atoms with van der Waals surface area (Å²) < 4.78 is 5.80. The van der Waals surface area contributed by atoms with Crippen molar-refractivity contribution < 1.29 is 9.53 Å². The Morgan fingerprint density at radius 2 is 1.42 bits per heavy atom. The van der Waals surface area contributed by atoms with Gasteiger partial charge in [0.15, 0.2) is 0 Å². The van der Waals surface area contributed by atoms with Gasteiger partial charge in [0.25, 0.3) is 0 Å². The first kappa shape index (κ1) is 25.2. The molecule has 0 aliphatic rings. The lowest BCUT2D eigenvalue weighted by Gasteiger charge is -2.29. The second-order valence-corrected chi connectivity index (χ2v) is 10.8. The van der Waals surface area contributed by atoms with Crippen LogP contribution in [0, 0.1) is 0 Å². The fourth-order valence-electron chi connectivity index (χ4n) is 3.96. The Bertz CT molecular complexity index is 836. The number of carbonyl (C=O) groups excluding carboxylic acids is 1. The van der Waals surface area contributed by atoms with Crippen molar-refractivity contribution in [2.75, 3.05) is 0 Å². The fourth-order valence-corrected chi connectivity index (χ4v) is 3.96. The molecular weight excluding hydrogens is 380 g/mol. The zero-order valence-corrected chi connectivity index (χ0v) is 20.8. The lowest BCUT2D eigenvalue weighted by atomic mass is 9.76. The van der Waals surface area contributed by atoms with E-state index in [2.05, 4.69) is 60.6 Å². The van der Waals surface area contributed by atoms with Gasteiger partial charge in [-0.25, -0.2) is 4.79 Å². The standard InChI is InChI=1S/C29H42O2/c1-8-9-10-11-12-16-19-24-25(27(30)31-23-17-14-13-15-18-23)20-22(28(2,3)4)21-26(24)29(5,6)7/h13-15,17-18,20-21H,8-12,16,19H2,1-7H3. The summed E-state index contributed by atoms with van der Waals surface area (Å²) in [6, 6.07) is 13.8. The third kappa shape index (κ3) is 7.52. The van der Waals surface area contributed by atoms with E-state index in [1.54, 1.807) is 0 Å². The van der Waals surface area contributed by atoms with E-state index >= 15 is 0 Å². The van der Waals surface area contributed by atoms with Crippen LogP contribution in [0.1, 0.15) is 114 Å². The normalized spacial score (nSPS) is 12.1. The molecule has 2 aromatic carbocycles. The van der Waals surface area contributed by atoms with Gasteiger partial charge >= 0.3 is 5.97 Å². The highest BCUT2D eigenvalue weighted by Crippen LogP contribution is 2.35. The molecule has 0 aliphatic carbocycles. The maximum atomic E-state index is 13.3. The lowest BCUT2D eigenvalue weighted by molar-refractivity contribution is 0.0733. The zero-order valence-electron chi connectivity index (χ0n) is 20.8. The van der Waals surface area contributed by atoms with E-state index in [1.807, 2.05) is 30.3 Å². The molecule has 0 spiro atoms. The van der Waals surface area contributed by atoms with E-state index < -0.39 is 0 Å². The highest BCUT2D eigenvalue weighted by atomic mass is 16.5. The van der Waals surface area contributed by atoms with Crippen LogP contribution in [0.2, 0.25) is 0 Å². The number of benzene rings is 2. The molecule has 0 N–H and O–H groups in total. The molecule has 2 heteroatoms. The zero-order chi connectivity index (χ0) is 23.1. The van der Waals surface area contributed by atoms with E-state index in [1.165, 1.54) is 43.2 Å². The second kappa shape index (κ2) is 11.0. The van der Waals surface area contributed by atoms with Gasteiger partial charge in [-0.1, -0.05) is 105 Å². The quantitative estimate of drug-likeness (QED) is 0.230. The molecule has 0 atom stereocenters. The van der Waals surface area contributed by atoms with E-state index in [-0.39, 0.29) is 16.8 Å². The number of hydrogen-bond acceptors (Lipinski definition) is 2. The first-order valence-corrected chi connectivity index (χ1v) is 12.0. The van der Waals surface area contributed by atoms with Crippen molar-refractivity contribution in [3.63, 3.8) is 0 Å². The van der Waals surface area contributed by atoms with Gasteiger partial charge in [0.2, 0.25) is 0 Å². The summed E-state index contributed by atoms with van der Waals surface area (Å²) >= 11 is 0. The van der Waals surface area contributed by atoms with Crippen molar-refractivity contribution in [2.45, 2.75) is 104 Å². The molecule has 0 radical (unpaired) electrons. The SMILES string of the molecule is CCCCCCCCc1c(C(=O)Oc2ccccc2)cc(C(C)(C)C)cc1C(C)(C)C. The van der Waals surface area contributed by atoms with Crippen LogP contribution in [0.5, 0.6) is 5.75 Å². The maximum Gasteiger partial charge on any atom is 0.343 e. The monoisotopic (exact) mass is 422 g/mol. The van der Waals surface area contributed by atoms with Gasteiger partial charge in [0, 0.05) is 0 Å². The average molecular weight is 423 g/mol. The highest BCUT2D eigenvalue weighted by molar-refractivity contribution is 5.93. The average Bonchev–Trinajstić information content (AvgIpc) is 2.69. The van der Waals surface area contributed by atoms with Crippen molar-refractivity contribution in [3.05, 3.63) is 64.7 Å². The summed E-state index contributed by atoms with van der Waals surface area (Å²) in [7, 11) is 0. The van der Waals surface area contributed by atoms with Gasteiger partial charge < -0.3 is 4.74 Å². The molecule has 2 rings (SSSR count). The van der Waals surface area contributed by atoms with Gasteiger partial charge in [-0.2, -0.15) is 0 Å². The largest absolute Gasteiger partial charge is 0.423 e. The Kier molecular flexibility index (Phi) is 8.91. The van der Waals surface area contributed by atoms with Crippen LogP contribution in [-0.4, -0.2) is 5.97 Å². The summed E-state index contributed by atoms with van der Waals surface area (Å²) in [5, 5.41) is 0. The Morgan fingerprint density at radius 1 is 0.806 bits per heavy atom. The third-order valence-electron chi connectivity index (χ3n) is 5.88. The van der Waals surface area contributed by atoms with E-state index in [9.17, 15) is 4.79 Å². The molecule has 170 valence electrons. The van der Waals surface area contributed by atoms with Crippen molar-refractivity contribution in [3.8, 4) is 5.75 Å². The second-order valence-electron chi connectivity index (χ2n) is 10.8. The number of carbonyl (C=O) groups is 1. The van der Waals surface area contributed by atoms with E-state index in [4.69, 9.17) is 4.74 Å². The van der Waals surface area contributed by atoms with Crippen LogP contribution in [0.4, 0.5) is 0 Å². The molecular formula is C29H42O2. The fraction of sp³-hybridized carbons (Fsp3) is 0.552. The van der Waals surface area contributed by atoms with Crippen LogP contribution in [0.25, 0.3) is 0 Å². The summed E-state index contributed by atoms with van der Waals surface area (Å²) in [6.45, 7) is 15.6. The van der Waals surface area contributed by atoms with Crippen molar-refractivity contribution in [2.24, 2.45) is 0 Å². The Balaban J connectivity index is 2.43. The van der Waals surface area contributed by atoms with Crippen molar-refractivity contribution >= 4 is 5.97 Å². The van der Waals surface area contributed by atoms with Crippen LogP contribution in [0.15, 0.2) is 42.5 Å². The number of ether oxygens (including phenoxy) is 1. The summed E-state index contributed by atoms with van der Waals surface area (Å²) in [5.74, 6) is 0.347. The van der Waals surface area contributed by atoms with Crippen LogP contribution in [0.3, 0.4) is 0 Å². The first-order valence-electron chi connectivity index (χ1n) is 12.0. The van der Waals surface area contributed by atoms with Gasteiger partial charge in [-0.15, -0.1) is 0 Å². The molecule has 0 fully saturated rings. The molecule has 0 saturated heterocycles. The topological polar surface area (TPSA) is 26.3 Å². The molecule has 2 aromatic rings. The number of esters is 1. The van der Waals surface area contributed by atoms with Gasteiger partial charge in [0.05, 0.1) is 5.56 Å². The third-order valence-corrected chi connectivity index (χ3v) is 5.88. The highest BCUT2D eigenvalue weighted by Gasteiger charge is 2.27. The molecule has 0 aromatic heterocycles. The molecule has 2 nitrogen and oxygen atoms in total. The molecule has 0 heterocycles.